The van der Waals surface area contributed by atoms with Gasteiger partial charge in [0.1, 0.15) is 22.9 Å². The minimum Gasteiger partial charge on any atom is -0.494 e. The lowest BCUT2D eigenvalue weighted by Crippen LogP contribution is -2.16. The monoisotopic (exact) mass is 503 g/mol. The second kappa shape index (κ2) is 9.94. The van der Waals surface area contributed by atoms with Gasteiger partial charge >= 0.3 is 0 Å². The minimum atomic E-state index is -3.50. The van der Waals surface area contributed by atoms with Gasteiger partial charge in [-0.25, -0.2) is 8.42 Å². The molecule has 10 heteroatoms. The third-order valence-electron chi connectivity index (χ3n) is 5.06. The molecule has 4 rings (SSSR count). The van der Waals surface area contributed by atoms with Crippen molar-refractivity contribution >= 4 is 32.8 Å². The molecule has 0 aliphatic carbocycles. The Balaban J connectivity index is 1.73. The standard InChI is InChI=1S/C23H22ClN3O4S2/c1-30-18-5-3-6-19(31-2)22(18)27-21(25-26-23(27)20-7-4-13-32-20)15-33(28,29)14-12-16-8-10-17(24)11-9-16/h3-11,13H,12,14-15H2,1-2H3. The van der Waals surface area contributed by atoms with Gasteiger partial charge in [-0.15, -0.1) is 21.5 Å². The Morgan fingerprint density at radius 1 is 0.970 bits per heavy atom. The first-order chi connectivity index (χ1) is 15.9. The smallest absolute Gasteiger partial charge is 0.178 e. The minimum absolute atomic E-state index is 0.0289. The summed E-state index contributed by atoms with van der Waals surface area (Å²) in [4.78, 5) is 0.847. The number of methoxy groups -OCH3 is 2. The predicted molar refractivity (Wildman–Crippen MR) is 130 cm³/mol. The Morgan fingerprint density at radius 2 is 1.67 bits per heavy atom. The number of benzene rings is 2. The number of rotatable bonds is 9. The maximum Gasteiger partial charge on any atom is 0.178 e. The van der Waals surface area contributed by atoms with E-state index in [-0.39, 0.29) is 17.3 Å². The molecule has 0 saturated heterocycles. The van der Waals surface area contributed by atoms with Gasteiger partial charge in [0.2, 0.25) is 0 Å². The number of aromatic nitrogens is 3. The van der Waals surface area contributed by atoms with Crippen molar-refractivity contribution in [3.63, 3.8) is 0 Å². The lowest BCUT2D eigenvalue weighted by molar-refractivity contribution is 0.391. The number of halogens is 1. The van der Waals surface area contributed by atoms with Crippen LogP contribution in [0.4, 0.5) is 0 Å². The van der Waals surface area contributed by atoms with Crippen molar-refractivity contribution < 1.29 is 17.9 Å². The van der Waals surface area contributed by atoms with Gasteiger partial charge in [0.15, 0.2) is 21.5 Å². The Bertz CT molecular complexity index is 1310. The molecule has 4 aromatic rings. The van der Waals surface area contributed by atoms with E-state index in [1.165, 1.54) is 11.3 Å². The summed E-state index contributed by atoms with van der Waals surface area (Å²) in [5, 5.41) is 11.1. The number of hydrogen-bond donors (Lipinski definition) is 0. The molecule has 2 heterocycles. The molecule has 172 valence electrons. The van der Waals surface area contributed by atoms with Gasteiger partial charge in [-0.05, 0) is 47.7 Å². The fourth-order valence-electron chi connectivity index (χ4n) is 3.46. The summed E-state index contributed by atoms with van der Waals surface area (Å²) < 4.78 is 39.0. The third-order valence-corrected chi connectivity index (χ3v) is 7.70. The molecule has 0 atom stereocenters. The lowest BCUT2D eigenvalue weighted by atomic mass is 10.2. The quantitative estimate of drug-likeness (QED) is 0.325. The van der Waals surface area contributed by atoms with Crippen LogP contribution < -0.4 is 9.47 Å². The van der Waals surface area contributed by atoms with Gasteiger partial charge in [0.05, 0.1) is 24.8 Å². The molecule has 0 N–H and O–H groups in total. The van der Waals surface area contributed by atoms with Gasteiger partial charge in [0, 0.05) is 5.02 Å². The summed E-state index contributed by atoms with van der Waals surface area (Å²) in [7, 11) is -0.399. The fraction of sp³-hybridized carbons (Fsp3) is 0.217. The number of thiophene rings is 1. The van der Waals surface area contributed by atoms with E-state index < -0.39 is 9.84 Å². The van der Waals surface area contributed by atoms with Crippen molar-refractivity contribution in [2.75, 3.05) is 20.0 Å². The van der Waals surface area contributed by atoms with E-state index in [4.69, 9.17) is 21.1 Å². The first kappa shape index (κ1) is 23.3. The van der Waals surface area contributed by atoms with Crippen molar-refractivity contribution in [1.82, 2.24) is 14.8 Å². The average molecular weight is 504 g/mol. The van der Waals surface area contributed by atoms with E-state index in [0.29, 0.717) is 34.5 Å². The van der Waals surface area contributed by atoms with Crippen molar-refractivity contribution in [2.45, 2.75) is 12.2 Å². The Hall–Kier alpha value is -2.88. The number of aryl methyl sites for hydroxylation is 1. The largest absolute Gasteiger partial charge is 0.494 e. The molecule has 0 radical (unpaired) electrons. The van der Waals surface area contributed by atoms with Crippen LogP contribution in [0.5, 0.6) is 11.5 Å². The summed E-state index contributed by atoms with van der Waals surface area (Å²) in [6.07, 6.45) is 0.378. The van der Waals surface area contributed by atoms with Gasteiger partial charge in [0.25, 0.3) is 0 Å². The highest BCUT2D eigenvalue weighted by molar-refractivity contribution is 7.90. The number of hydrogen-bond acceptors (Lipinski definition) is 7. The molecule has 0 saturated carbocycles. The van der Waals surface area contributed by atoms with E-state index in [0.717, 1.165) is 10.4 Å². The van der Waals surface area contributed by atoms with E-state index >= 15 is 0 Å². The molecular formula is C23H22ClN3O4S2. The van der Waals surface area contributed by atoms with Crippen molar-refractivity contribution in [1.29, 1.82) is 0 Å². The molecule has 2 aromatic heterocycles. The molecule has 7 nitrogen and oxygen atoms in total. The average Bonchev–Trinajstić information content (AvgIpc) is 3.48. The van der Waals surface area contributed by atoms with Gasteiger partial charge in [-0.3, -0.25) is 4.57 Å². The summed E-state index contributed by atoms with van der Waals surface area (Å²) in [6, 6.07) is 16.3. The molecule has 0 amide bonds. The number of nitrogens with zero attached hydrogens (tertiary/aromatic N) is 3. The zero-order valence-electron chi connectivity index (χ0n) is 18.1. The van der Waals surface area contributed by atoms with Crippen LogP contribution in [-0.4, -0.2) is 43.2 Å². The first-order valence-electron chi connectivity index (χ1n) is 10.1. The highest BCUT2D eigenvalue weighted by atomic mass is 35.5. The molecule has 0 bridgehead atoms. The molecule has 0 aliphatic heterocycles. The van der Waals surface area contributed by atoms with Gasteiger partial charge < -0.3 is 9.47 Å². The zero-order chi connectivity index (χ0) is 23.4. The van der Waals surface area contributed by atoms with E-state index in [1.54, 1.807) is 49.1 Å². The maximum absolute atomic E-state index is 13.1. The Morgan fingerprint density at radius 3 is 2.27 bits per heavy atom. The second-order valence-electron chi connectivity index (χ2n) is 7.23. The van der Waals surface area contributed by atoms with Crippen LogP contribution in [0, 0.1) is 0 Å². The van der Waals surface area contributed by atoms with Crippen molar-refractivity contribution in [3.8, 4) is 27.9 Å². The third kappa shape index (κ3) is 5.21. The van der Waals surface area contributed by atoms with Crippen LogP contribution >= 0.6 is 22.9 Å². The van der Waals surface area contributed by atoms with Crippen LogP contribution in [0.3, 0.4) is 0 Å². The summed E-state index contributed by atoms with van der Waals surface area (Å²) in [6.45, 7) is 0. The van der Waals surface area contributed by atoms with E-state index in [1.807, 2.05) is 29.6 Å². The topological polar surface area (TPSA) is 83.3 Å². The summed E-state index contributed by atoms with van der Waals surface area (Å²) in [5.41, 5.74) is 1.45. The van der Waals surface area contributed by atoms with Crippen molar-refractivity contribution in [2.24, 2.45) is 0 Å². The van der Waals surface area contributed by atoms with Crippen LogP contribution in [0.25, 0.3) is 16.4 Å². The van der Waals surface area contributed by atoms with E-state index in [2.05, 4.69) is 10.2 Å². The molecular weight excluding hydrogens is 482 g/mol. The molecule has 0 unspecified atom stereocenters. The maximum atomic E-state index is 13.1. The van der Waals surface area contributed by atoms with Gasteiger partial charge in [-0.2, -0.15) is 0 Å². The number of para-hydroxylation sites is 1. The molecule has 33 heavy (non-hydrogen) atoms. The lowest BCUT2D eigenvalue weighted by Gasteiger charge is -2.17. The SMILES string of the molecule is COc1cccc(OC)c1-n1c(CS(=O)(=O)CCc2ccc(Cl)cc2)nnc1-c1cccs1. The molecule has 0 fully saturated rings. The molecule has 0 spiro atoms. The van der Waals surface area contributed by atoms with Crippen LogP contribution in [0.1, 0.15) is 11.4 Å². The van der Waals surface area contributed by atoms with Gasteiger partial charge in [-0.1, -0.05) is 35.9 Å². The van der Waals surface area contributed by atoms with Crippen LogP contribution in [0.15, 0.2) is 60.0 Å². The fourth-order valence-corrected chi connectivity index (χ4v) is 5.55. The van der Waals surface area contributed by atoms with Crippen LogP contribution in [0.2, 0.25) is 5.02 Å². The Kier molecular flexibility index (Phi) is 7.02. The highest BCUT2D eigenvalue weighted by Gasteiger charge is 2.26. The Labute approximate surface area is 201 Å². The van der Waals surface area contributed by atoms with E-state index in [9.17, 15) is 8.42 Å². The molecule has 0 aliphatic rings. The first-order valence-corrected chi connectivity index (χ1v) is 13.1. The highest BCUT2D eigenvalue weighted by Crippen LogP contribution is 2.37. The van der Waals surface area contributed by atoms with Crippen molar-refractivity contribution in [3.05, 3.63) is 76.4 Å². The zero-order valence-corrected chi connectivity index (χ0v) is 20.5. The summed E-state index contributed by atoms with van der Waals surface area (Å²) in [5.74, 6) is 1.55. The van der Waals surface area contributed by atoms with Crippen LogP contribution in [-0.2, 0) is 22.0 Å². The summed E-state index contributed by atoms with van der Waals surface area (Å²) >= 11 is 7.41. The normalized spacial score (nSPS) is 11.5. The molecule has 2 aromatic carbocycles. The number of sulfone groups is 1. The number of ether oxygens (including phenoxy) is 2. The second-order valence-corrected chi connectivity index (χ2v) is 10.8. The predicted octanol–water partition coefficient (Wildman–Crippen LogP) is 4.82.